The molecule has 4 rings (SSSR count). The van der Waals surface area contributed by atoms with Gasteiger partial charge in [0.05, 0.1) is 11.4 Å². The zero-order valence-corrected chi connectivity index (χ0v) is 18.1. The van der Waals surface area contributed by atoms with Crippen LogP contribution in [0.5, 0.6) is 0 Å². The van der Waals surface area contributed by atoms with Crippen molar-refractivity contribution in [2.45, 2.75) is 33.2 Å². The van der Waals surface area contributed by atoms with Gasteiger partial charge in [0.25, 0.3) is 5.56 Å². The summed E-state index contributed by atoms with van der Waals surface area (Å²) in [4.78, 5) is 25.7. The van der Waals surface area contributed by atoms with E-state index in [0.717, 1.165) is 18.5 Å². The fraction of sp³-hybridized carbons (Fsp3) is 0.273. The third-order valence-electron chi connectivity index (χ3n) is 4.99. The minimum atomic E-state index is -0.366. The number of amides is 1. The van der Waals surface area contributed by atoms with Crippen molar-refractivity contribution in [3.8, 4) is 11.5 Å². The molecule has 3 heterocycles. The number of carbonyl (C=O) groups excluding carboxylic acids is 1. The molecule has 4 aromatic rings. The van der Waals surface area contributed by atoms with Crippen molar-refractivity contribution < 1.29 is 4.79 Å². The number of hydrogen-bond donors (Lipinski definition) is 1. The van der Waals surface area contributed by atoms with Crippen LogP contribution >= 0.6 is 11.6 Å². The van der Waals surface area contributed by atoms with Gasteiger partial charge >= 0.3 is 0 Å². The minimum Gasteiger partial charge on any atom is -0.354 e. The van der Waals surface area contributed by atoms with Gasteiger partial charge < -0.3 is 9.88 Å². The molecule has 0 fully saturated rings. The van der Waals surface area contributed by atoms with Crippen molar-refractivity contribution in [3.63, 3.8) is 0 Å². The molecule has 0 radical (unpaired) electrons. The lowest BCUT2D eigenvalue weighted by Crippen LogP contribution is -2.34. The van der Waals surface area contributed by atoms with Gasteiger partial charge in [0.1, 0.15) is 17.4 Å². The third kappa shape index (κ3) is 4.11. The normalized spacial score (nSPS) is 11.2. The van der Waals surface area contributed by atoms with E-state index in [9.17, 15) is 9.59 Å². The molecule has 0 unspecified atom stereocenters. The van der Waals surface area contributed by atoms with E-state index in [2.05, 4.69) is 22.4 Å². The van der Waals surface area contributed by atoms with E-state index in [-0.39, 0.29) is 18.0 Å². The van der Waals surface area contributed by atoms with E-state index in [4.69, 9.17) is 11.6 Å². The second-order valence-corrected chi connectivity index (χ2v) is 7.71. The number of fused-ring (bicyclic) bond motifs is 1. The Hall–Kier alpha value is -3.39. The molecule has 8 nitrogen and oxygen atoms in total. The van der Waals surface area contributed by atoms with Gasteiger partial charge in [0.15, 0.2) is 5.82 Å². The maximum Gasteiger partial charge on any atom is 0.280 e. The SMILES string of the molecule is CCCCNC(=O)Cn1nc(C)c2nn(-c3ccc(Cl)cc3)c(-n3cccc3)c2c1=O. The van der Waals surface area contributed by atoms with Crippen LogP contribution in [0.4, 0.5) is 0 Å². The molecule has 3 aromatic heterocycles. The number of aryl methyl sites for hydroxylation is 1. The maximum atomic E-state index is 13.4. The third-order valence-corrected chi connectivity index (χ3v) is 5.24. The van der Waals surface area contributed by atoms with E-state index in [1.165, 1.54) is 4.68 Å². The fourth-order valence-corrected chi connectivity index (χ4v) is 3.57. The number of benzene rings is 1. The van der Waals surface area contributed by atoms with Gasteiger partial charge in [0.2, 0.25) is 5.91 Å². The number of rotatable bonds is 7. The Bertz CT molecular complexity index is 1270. The van der Waals surface area contributed by atoms with E-state index in [1.807, 2.05) is 41.2 Å². The molecule has 31 heavy (non-hydrogen) atoms. The Morgan fingerprint density at radius 3 is 2.52 bits per heavy atom. The quantitative estimate of drug-likeness (QED) is 0.449. The van der Waals surface area contributed by atoms with Gasteiger partial charge in [-0.05, 0) is 49.7 Å². The molecule has 0 saturated carbocycles. The molecule has 1 N–H and O–H groups in total. The van der Waals surface area contributed by atoms with Gasteiger partial charge in [-0.15, -0.1) is 0 Å². The molecule has 0 aliphatic rings. The first-order chi connectivity index (χ1) is 15.0. The van der Waals surface area contributed by atoms with Crippen LogP contribution in [0.2, 0.25) is 5.02 Å². The van der Waals surface area contributed by atoms with Crippen molar-refractivity contribution in [2.24, 2.45) is 0 Å². The van der Waals surface area contributed by atoms with Gasteiger partial charge in [-0.1, -0.05) is 24.9 Å². The first-order valence-electron chi connectivity index (χ1n) is 10.2. The van der Waals surface area contributed by atoms with Crippen LogP contribution in [0.25, 0.3) is 22.4 Å². The van der Waals surface area contributed by atoms with Crippen LogP contribution in [0.3, 0.4) is 0 Å². The Morgan fingerprint density at radius 1 is 1.13 bits per heavy atom. The molecular formula is C22H23ClN6O2. The second-order valence-electron chi connectivity index (χ2n) is 7.28. The Morgan fingerprint density at radius 2 is 1.84 bits per heavy atom. The topological polar surface area (TPSA) is 86.7 Å². The maximum absolute atomic E-state index is 13.4. The second kappa shape index (κ2) is 8.77. The lowest BCUT2D eigenvalue weighted by atomic mass is 10.2. The Labute approximate surface area is 184 Å². The number of halogens is 1. The summed E-state index contributed by atoms with van der Waals surface area (Å²) in [6.07, 6.45) is 5.56. The smallest absolute Gasteiger partial charge is 0.280 e. The average Bonchev–Trinajstić information content (AvgIpc) is 3.40. The molecule has 1 aromatic carbocycles. The van der Waals surface area contributed by atoms with Crippen molar-refractivity contribution in [1.82, 2.24) is 29.4 Å². The van der Waals surface area contributed by atoms with Crippen LogP contribution in [0, 0.1) is 6.92 Å². The van der Waals surface area contributed by atoms with E-state index in [1.54, 1.807) is 23.7 Å². The highest BCUT2D eigenvalue weighted by molar-refractivity contribution is 6.30. The summed E-state index contributed by atoms with van der Waals surface area (Å²) in [5, 5.41) is 12.9. The minimum absolute atomic E-state index is 0.142. The largest absolute Gasteiger partial charge is 0.354 e. The molecule has 0 aliphatic carbocycles. The average molecular weight is 439 g/mol. The molecular weight excluding hydrogens is 416 g/mol. The monoisotopic (exact) mass is 438 g/mol. The van der Waals surface area contributed by atoms with Crippen LogP contribution in [0.1, 0.15) is 25.5 Å². The summed E-state index contributed by atoms with van der Waals surface area (Å²) in [6, 6.07) is 11.0. The lowest BCUT2D eigenvalue weighted by molar-refractivity contribution is -0.121. The number of hydrogen-bond acceptors (Lipinski definition) is 4. The van der Waals surface area contributed by atoms with Crippen molar-refractivity contribution >= 4 is 28.4 Å². The molecule has 160 valence electrons. The molecule has 0 spiro atoms. The summed E-state index contributed by atoms with van der Waals surface area (Å²) in [7, 11) is 0. The van der Waals surface area contributed by atoms with Crippen LogP contribution < -0.4 is 10.9 Å². The van der Waals surface area contributed by atoms with Gasteiger partial charge in [-0.2, -0.15) is 10.2 Å². The first-order valence-corrected chi connectivity index (χ1v) is 10.5. The van der Waals surface area contributed by atoms with Gasteiger partial charge in [0, 0.05) is 24.0 Å². The lowest BCUT2D eigenvalue weighted by Gasteiger charge is -2.10. The van der Waals surface area contributed by atoms with Crippen LogP contribution in [-0.4, -0.2) is 36.6 Å². The molecule has 0 aliphatic heterocycles. The molecule has 0 bridgehead atoms. The number of aromatic nitrogens is 5. The van der Waals surface area contributed by atoms with Crippen LogP contribution in [-0.2, 0) is 11.3 Å². The first kappa shape index (κ1) is 20.9. The number of nitrogens with zero attached hydrogens (tertiary/aromatic N) is 5. The Balaban J connectivity index is 1.88. The standard InChI is InChI=1S/C22H23ClN6O2/c1-3-4-11-24-18(30)14-28-22(31)19-20(15(2)25-28)26-29(17-9-7-16(23)8-10-17)21(19)27-12-5-6-13-27/h5-10,12-13H,3-4,11,14H2,1-2H3,(H,24,30). The number of carbonyl (C=O) groups is 1. The number of unbranched alkanes of at least 4 members (excludes halogenated alkanes) is 1. The predicted molar refractivity (Wildman–Crippen MR) is 120 cm³/mol. The van der Waals surface area contributed by atoms with Crippen molar-refractivity contribution in [1.29, 1.82) is 0 Å². The highest BCUT2D eigenvalue weighted by Gasteiger charge is 2.22. The summed E-state index contributed by atoms with van der Waals surface area (Å²) in [5.74, 6) is 0.340. The zero-order chi connectivity index (χ0) is 22.0. The van der Waals surface area contributed by atoms with E-state index in [0.29, 0.717) is 34.0 Å². The highest BCUT2D eigenvalue weighted by Crippen LogP contribution is 2.25. The predicted octanol–water partition coefficient (Wildman–Crippen LogP) is 3.25. The Kier molecular flexibility index (Phi) is 5.90. The fourth-order valence-electron chi connectivity index (χ4n) is 3.44. The van der Waals surface area contributed by atoms with Crippen molar-refractivity contribution in [2.75, 3.05) is 6.54 Å². The zero-order valence-electron chi connectivity index (χ0n) is 17.4. The van der Waals surface area contributed by atoms with Gasteiger partial charge in [-0.25, -0.2) is 9.36 Å². The van der Waals surface area contributed by atoms with Crippen molar-refractivity contribution in [3.05, 3.63) is 69.9 Å². The summed E-state index contributed by atoms with van der Waals surface area (Å²) < 4.78 is 4.74. The summed E-state index contributed by atoms with van der Waals surface area (Å²) in [6.45, 7) is 4.27. The van der Waals surface area contributed by atoms with E-state index >= 15 is 0 Å². The number of nitrogens with one attached hydrogen (secondary N) is 1. The molecule has 9 heteroatoms. The van der Waals surface area contributed by atoms with Gasteiger partial charge in [-0.3, -0.25) is 9.59 Å². The highest BCUT2D eigenvalue weighted by atomic mass is 35.5. The van der Waals surface area contributed by atoms with Crippen LogP contribution in [0.15, 0.2) is 53.6 Å². The van der Waals surface area contributed by atoms with E-state index < -0.39 is 0 Å². The molecule has 0 saturated heterocycles. The molecule has 1 amide bonds. The molecule has 0 atom stereocenters. The summed E-state index contributed by atoms with van der Waals surface area (Å²) in [5.41, 5.74) is 1.45. The summed E-state index contributed by atoms with van der Waals surface area (Å²) >= 11 is 6.05.